The number of ketones is 1. The third kappa shape index (κ3) is 3.83. The van der Waals surface area contributed by atoms with Gasteiger partial charge in [0, 0.05) is 29.8 Å². The van der Waals surface area contributed by atoms with Crippen LogP contribution in [0.2, 0.25) is 0 Å². The van der Waals surface area contributed by atoms with Crippen molar-refractivity contribution in [2.24, 2.45) is 0 Å². The van der Waals surface area contributed by atoms with E-state index in [4.69, 9.17) is 9.47 Å². The maximum atomic E-state index is 13.9. The summed E-state index contributed by atoms with van der Waals surface area (Å²) in [5.74, 6) is 0.800. The first-order chi connectivity index (χ1) is 12.6. The van der Waals surface area contributed by atoms with Gasteiger partial charge in [-0.15, -0.1) is 0 Å². The smallest absolute Gasteiger partial charge is 0.187 e. The Bertz CT molecular complexity index is 887. The number of ether oxygens (including phenoxy) is 2. The van der Waals surface area contributed by atoms with Gasteiger partial charge in [-0.1, -0.05) is 24.3 Å². The van der Waals surface area contributed by atoms with E-state index in [0.717, 1.165) is 5.56 Å². The molecule has 2 aromatic carbocycles. The molecule has 0 radical (unpaired) electrons. The summed E-state index contributed by atoms with van der Waals surface area (Å²) >= 11 is 0. The molecule has 3 rings (SSSR count). The number of hydrogen-bond acceptors (Lipinski definition) is 4. The molecule has 1 aliphatic rings. The Morgan fingerprint density at radius 3 is 2.35 bits per heavy atom. The van der Waals surface area contributed by atoms with Crippen molar-refractivity contribution in [3.8, 4) is 11.5 Å². The average Bonchev–Trinajstić information content (AvgIpc) is 2.66. The zero-order valence-corrected chi connectivity index (χ0v) is 14.7. The summed E-state index contributed by atoms with van der Waals surface area (Å²) in [6.45, 7) is 0.873. The standard InChI is InChI=1S/C21H20FNO3/c1-25-19-8-7-14(10-20(19)26-2)9-16-12-23-13-17(21(16)24)11-15-5-3-4-6-18(15)22/h3-11,23H,12-13H2,1-2H3. The minimum atomic E-state index is -0.344. The highest BCUT2D eigenvalue weighted by molar-refractivity contribution is 6.14. The van der Waals surface area contributed by atoms with Gasteiger partial charge in [0.25, 0.3) is 0 Å². The van der Waals surface area contributed by atoms with E-state index < -0.39 is 0 Å². The molecule has 4 nitrogen and oxygen atoms in total. The van der Waals surface area contributed by atoms with Crippen molar-refractivity contribution in [2.75, 3.05) is 27.3 Å². The van der Waals surface area contributed by atoms with Crippen molar-refractivity contribution in [3.05, 3.63) is 70.6 Å². The lowest BCUT2D eigenvalue weighted by Gasteiger charge is -2.18. The molecule has 2 aromatic rings. The maximum absolute atomic E-state index is 13.9. The minimum Gasteiger partial charge on any atom is -0.493 e. The summed E-state index contributed by atoms with van der Waals surface area (Å²) in [6, 6.07) is 11.9. The van der Waals surface area contributed by atoms with Crippen LogP contribution >= 0.6 is 0 Å². The van der Waals surface area contributed by atoms with Crippen LogP contribution in [0.4, 0.5) is 4.39 Å². The number of carbonyl (C=O) groups excluding carboxylic acids is 1. The fourth-order valence-corrected chi connectivity index (χ4v) is 2.86. The Balaban J connectivity index is 1.90. The van der Waals surface area contributed by atoms with Gasteiger partial charge in [-0.3, -0.25) is 4.79 Å². The van der Waals surface area contributed by atoms with E-state index >= 15 is 0 Å². The fraction of sp³-hybridized carbons (Fsp3) is 0.190. The van der Waals surface area contributed by atoms with Crippen molar-refractivity contribution in [3.63, 3.8) is 0 Å². The van der Waals surface area contributed by atoms with Gasteiger partial charge in [-0.25, -0.2) is 4.39 Å². The molecule has 0 amide bonds. The van der Waals surface area contributed by atoms with Gasteiger partial charge in [0.2, 0.25) is 0 Å². The van der Waals surface area contributed by atoms with Gasteiger partial charge >= 0.3 is 0 Å². The predicted octanol–water partition coefficient (Wildman–Crippen LogP) is 3.48. The summed E-state index contributed by atoms with van der Waals surface area (Å²) in [5, 5.41) is 3.19. The molecule has 1 fully saturated rings. The number of benzene rings is 2. The summed E-state index contributed by atoms with van der Waals surface area (Å²) < 4.78 is 24.4. The van der Waals surface area contributed by atoms with E-state index in [-0.39, 0.29) is 11.6 Å². The zero-order chi connectivity index (χ0) is 18.5. The van der Waals surface area contributed by atoms with Crippen molar-refractivity contribution in [2.45, 2.75) is 0 Å². The second kappa shape index (κ2) is 7.97. The Morgan fingerprint density at radius 1 is 0.962 bits per heavy atom. The molecule has 134 valence electrons. The molecule has 0 spiro atoms. The van der Waals surface area contributed by atoms with E-state index in [9.17, 15) is 9.18 Å². The minimum absolute atomic E-state index is 0.0817. The van der Waals surface area contributed by atoms with Crippen LogP contribution in [0.3, 0.4) is 0 Å². The number of Topliss-reactive ketones (excluding diaryl/α,β-unsaturated/α-hetero) is 1. The van der Waals surface area contributed by atoms with Crippen LogP contribution in [-0.4, -0.2) is 33.1 Å². The molecule has 26 heavy (non-hydrogen) atoms. The molecule has 0 unspecified atom stereocenters. The Kier molecular flexibility index (Phi) is 5.49. The largest absolute Gasteiger partial charge is 0.493 e. The van der Waals surface area contributed by atoms with Crippen LogP contribution in [0.25, 0.3) is 12.2 Å². The third-order valence-electron chi connectivity index (χ3n) is 4.20. The SMILES string of the molecule is COc1ccc(C=C2CNCC(=Cc3ccccc3F)C2=O)cc1OC. The lowest BCUT2D eigenvalue weighted by molar-refractivity contribution is -0.112. The normalized spacial score (nSPS) is 17.6. The average molecular weight is 353 g/mol. The Morgan fingerprint density at radius 2 is 1.65 bits per heavy atom. The highest BCUT2D eigenvalue weighted by Gasteiger charge is 2.20. The topological polar surface area (TPSA) is 47.6 Å². The number of hydrogen-bond donors (Lipinski definition) is 1. The van der Waals surface area contributed by atoms with Crippen molar-refractivity contribution < 1.29 is 18.7 Å². The summed E-state index contributed by atoms with van der Waals surface area (Å²) in [6.07, 6.45) is 3.41. The molecular weight excluding hydrogens is 333 g/mol. The van der Waals surface area contributed by atoms with E-state index in [2.05, 4.69) is 5.32 Å². The molecular formula is C21H20FNO3. The van der Waals surface area contributed by atoms with Crippen LogP contribution in [0.5, 0.6) is 11.5 Å². The van der Waals surface area contributed by atoms with Crippen LogP contribution in [-0.2, 0) is 4.79 Å². The number of halogens is 1. The first kappa shape index (κ1) is 17.9. The molecule has 0 atom stereocenters. The number of rotatable bonds is 4. The number of methoxy groups -OCH3 is 2. The van der Waals surface area contributed by atoms with E-state index in [1.807, 2.05) is 18.2 Å². The fourth-order valence-electron chi connectivity index (χ4n) is 2.86. The highest BCUT2D eigenvalue weighted by atomic mass is 19.1. The van der Waals surface area contributed by atoms with Gasteiger partial charge in [0.05, 0.1) is 14.2 Å². The summed E-state index contributed by atoms with van der Waals surface area (Å²) in [5.41, 5.74) is 2.39. The highest BCUT2D eigenvalue weighted by Crippen LogP contribution is 2.29. The molecule has 1 saturated heterocycles. The van der Waals surface area contributed by atoms with Gasteiger partial charge < -0.3 is 14.8 Å². The quantitative estimate of drug-likeness (QED) is 0.855. The summed E-state index contributed by atoms with van der Waals surface area (Å²) in [7, 11) is 3.14. The van der Waals surface area contributed by atoms with Crippen LogP contribution in [0.15, 0.2) is 53.6 Å². The summed E-state index contributed by atoms with van der Waals surface area (Å²) in [4.78, 5) is 12.8. The van der Waals surface area contributed by atoms with Crippen LogP contribution in [0.1, 0.15) is 11.1 Å². The first-order valence-electron chi connectivity index (χ1n) is 8.25. The zero-order valence-electron chi connectivity index (χ0n) is 14.7. The molecule has 1 N–H and O–H groups in total. The monoisotopic (exact) mass is 353 g/mol. The maximum Gasteiger partial charge on any atom is 0.187 e. The van der Waals surface area contributed by atoms with E-state index in [1.54, 1.807) is 44.6 Å². The van der Waals surface area contributed by atoms with Crippen molar-refractivity contribution in [1.29, 1.82) is 0 Å². The molecule has 5 heteroatoms. The first-order valence-corrected chi connectivity index (χ1v) is 8.25. The van der Waals surface area contributed by atoms with Gasteiger partial charge in [0.1, 0.15) is 5.82 Å². The van der Waals surface area contributed by atoms with Crippen molar-refractivity contribution in [1.82, 2.24) is 5.32 Å². The lowest BCUT2D eigenvalue weighted by Crippen LogP contribution is -2.32. The van der Waals surface area contributed by atoms with Crippen LogP contribution in [0, 0.1) is 5.82 Å². The molecule has 0 aliphatic carbocycles. The third-order valence-corrected chi connectivity index (χ3v) is 4.20. The van der Waals surface area contributed by atoms with Crippen molar-refractivity contribution >= 4 is 17.9 Å². The second-order valence-electron chi connectivity index (χ2n) is 5.91. The predicted molar refractivity (Wildman–Crippen MR) is 99.8 cm³/mol. The Labute approximate surface area is 151 Å². The molecule has 0 bridgehead atoms. The molecule has 1 heterocycles. The van der Waals surface area contributed by atoms with Gasteiger partial charge in [0.15, 0.2) is 17.3 Å². The number of nitrogens with one attached hydrogen (secondary N) is 1. The molecule has 1 aliphatic heterocycles. The van der Waals surface area contributed by atoms with Gasteiger partial charge in [-0.05, 0) is 35.9 Å². The number of carbonyl (C=O) groups is 1. The molecule has 0 saturated carbocycles. The second-order valence-corrected chi connectivity index (χ2v) is 5.91. The van der Waals surface area contributed by atoms with Crippen LogP contribution < -0.4 is 14.8 Å². The number of piperidine rings is 1. The molecule has 0 aromatic heterocycles. The van der Waals surface area contributed by atoms with E-state index in [0.29, 0.717) is 41.3 Å². The lowest BCUT2D eigenvalue weighted by atomic mass is 9.95. The van der Waals surface area contributed by atoms with E-state index in [1.165, 1.54) is 6.07 Å². The van der Waals surface area contributed by atoms with Gasteiger partial charge in [-0.2, -0.15) is 0 Å². The Hall–Kier alpha value is -2.92.